The first kappa shape index (κ1) is 15.3. The number of halogens is 1. The maximum absolute atomic E-state index is 12.8. The van der Waals surface area contributed by atoms with Crippen molar-refractivity contribution in [2.45, 2.75) is 25.1 Å². The lowest BCUT2D eigenvalue weighted by molar-refractivity contribution is 0.0349. The summed E-state index contributed by atoms with van der Waals surface area (Å²) < 4.78 is 12.7. The lowest BCUT2D eigenvalue weighted by Gasteiger charge is -2.50. The molecule has 5 nitrogen and oxygen atoms in total. The molecule has 1 N–H and O–H groups in total. The summed E-state index contributed by atoms with van der Waals surface area (Å²) in [6.45, 7) is 1.94. The van der Waals surface area contributed by atoms with Gasteiger partial charge in [0, 0.05) is 16.5 Å². The molecule has 0 unspecified atom stereocenters. The van der Waals surface area contributed by atoms with Crippen LogP contribution in [-0.4, -0.2) is 18.9 Å². The van der Waals surface area contributed by atoms with Crippen molar-refractivity contribution < 1.29 is 14.3 Å². The average Bonchev–Trinajstić information content (AvgIpc) is 2.53. The Balaban J connectivity index is 1.83. The van der Waals surface area contributed by atoms with Crippen molar-refractivity contribution in [3.05, 3.63) is 52.5 Å². The summed E-state index contributed by atoms with van der Waals surface area (Å²) in [7, 11) is 1.62. The van der Waals surface area contributed by atoms with Crippen LogP contribution in [0.25, 0.3) is 0 Å². The van der Waals surface area contributed by atoms with Gasteiger partial charge in [-0.25, -0.2) is 4.79 Å². The Morgan fingerprint density at radius 3 is 2.88 bits per heavy atom. The number of amides is 2. The molecule has 2 aromatic rings. The predicted molar refractivity (Wildman–Crippen MR) is 94.5 cm³/mol. The highest BCUT2D eigenvalue weighted by molar-refractivity contribution is 9.10. The van der Waals surface area contributed by atoms with E-state index in [0.717, 1.165) is 15.7 Å². The first-order chi connectivity index (χ1) is 11.5. The largest absolute Gasteiger partial charge is 0.493 e. The van der Waals surface area contributed by atoms with Gasteiger partial charge in [0.05, 0.1) is 18.8 Å². The molecule has 2 aliphatic rings. The Morgan fingerprint density at radius 2 is 2.12 bits per heavy atom. The van der Waals surface area contributed by atoms with Gasteiger partial charge < -0.3 is 14.8 Å². The molecule has 2 aromatic carbocycles. The van der Waals surface area contributed by atoms with E-state index in [-0.39, 0.29) is 12.1 Å². The highest BCUT2D eigenvalue weighted by Gasteiger charge is 2.50. The second-order valence-electron chi connectivity index (χ2n) is 6.18. The Morgan fingerprint density at radius 1 is 1.33 bits per heavy atom. The first-order valence-corrected chi connectivity index (χ1v) is 8.53. The van der Waals surface area contributed by atoms with Crippen LogP contribution in [0, 0.1) is 0 Å². The molecule has 24 heavy (non-hydrogen) atoms. The Hall–Kier alpha value is -2.21. The van der Waals surface area contributed by atoms with Crippen LogP contribution in [0.3, 0.4) is 0 Å². The maximum Gasteiger partial charge on any atom is 0.325 e. The lowest BCUT2D eigenvalue weighted by atomic mass is 9.90. The van der Waals surface area contributed by atoms with E-state index in [4.69, 9.17) is 9.47 Å². The molecule has 2 amide bonds. The number of anilines is 1. The van der Waals surface area contributed by atoms with Crippen LogP contribution in [0.4, 0.5) is 10.5 Å². The van der Waals surface area contributed by atoms with Crippen LogP contribution >= 0.6 is 15.9 Å². The van der Waals surface area contributed by atoms with Crippen molar-refractivity contribution >= 4 is 27.6 Å². The minimum Gasteiger partial charge on any atom is -0.493 e. The molecule has 6 heteroatoms. The number of nitrogens with zero attached hydrogens (tertiary/aromatic N) is 1. The minimum atomic E-state index is -0.782. The first-order valence-electron chi connectivity index (χ1n) is 7.74. The van der Waals surface area contributed by atoms with Crippen molar-refractivity contribution in [1.82, 2.24) is 5.32 Å². The molecule has 0 aliphatic carbocycles. The summed E-state index contributed by atoms with van der Waals surface area (Å²) in [5.74, 6) is 1.37. The van der Waals surface area contributed by atoms with Crippen molar-refractivity contribution in [2.24, 2.45) is 0 Å². The molecule has 2 heterocycles. The van der Waals surface area contributed by atoms with Crippen LogP contribution in [-0.2, 0) is 0 Å². The van der Waals surface area contributed by atoms with E-state index in [2.05, 4.69) is 21.2 Å². The van der Waals surface area contributed by atoms with Crippen molar-refractivity contribution in [3.63, 3.8) is 0 Å². The van der Waals surface area contributed by atoms with Crippen molar-refractivity contribution in [1.29, 1.82) is 0 Å². The number of hydrogen-bond acceptors (Lipinski definition) is 3. The Bertz CT molecular complexity index is 826. The van der Waals surface area contributed by atoms with E-state index in [1.54, 1.807) is 12.0 Å². The molecule has 1 fully saturated rings. The van der Waals surface area contributed by atoms with E-state index in [1.165, 1.54) is 0 Å². The molecule has 0 aromatic heterocycles. The van der Waals surface area contributed by atoms with Gasteiger partial charge >= 0.3 is 6.03 Å². The molecule has 2 aliphatic heterocycles. The lowest BCUT2D eigenvalue weighted by Crippen LogP contribution is -2.65. The Labute approximate surface area is 148 Å². The molecule has 0 radical (unpaired) electrons. The van der Waals surface area contributed by atoms with Crippen molar-refractivity contribution in [3.8, 4) is 11.5 Å². The molecule has 2 bridgehead atoms. The van der Waals surface area contributed by atoms with Gasteiger partial charge in [-0.15, -0.1) is 0 Å². The predicted octanol–water partition coefficient (Wildman–Crippen LogP) is 4.23. The second-order valence-corrected chi connectivity index (χ2v) is 7.09. The number of urea groups is 1. The van der Waals surface area contributed by atoms with Gasteiger partial charge in [-0.3, -0.25) is 4.90 Å². The second kappa shape index (κ2) is 5.41. The zero-order valence-electron chi connectivity index (χ0n) is 13.4. The standard InChI is InChI=1S/C18H17BrN2O3/c1-18-10-14(13-7-4-8-15(23-2)16(13)24-18)20-17(22)21(18)12-6-3-5-11(19)9-12/h3-9,14H,10H2,1-2H3,(H,20,22)/t14-,18+/m1/s1. The number of nitrogens with one attached hydrogen (secondary N) is 1. The van der Waals surface area contributed by atoms with E-state index in [0.29, 0.717) is 17.9 Å². The summed E-state index contributed by atoms with van der Waals surface area (Å²) in [5, 5.41) is 3.08. The van der Waals surface area contributed by atoms with E-state index in [9.17, 15) is 4.79 Å². The highest BCUT2D eigenvalue weighted by Crippen LogP contribution is 2.49. The van der Waals surface area contributed by atoms with Gasteiger partial charge in [0.1, 0.15) is 0 Å². The zero-order chi connectivity index (χ0) is 16.9. The third-order valence-electron chi connectivity index (χ3n) is 4.55. The number of para-hydroxylation sites is 1. The summed E-state index contributed by atoms with van der Waals surface area (Å²) in [6, 6.07) is 13.1. The normalized spacial score (nSPS) is 24.7. The van der Waals surface area contributed by atoms with E-state index in [1.807, 2.05) is 49.4 Å². The van der Waals surface area contributed by atoms with Crippen LogP contribution in [0.1, 0.15) is 24.9 Å². The van der Waals surface area contributed by atoms with E-state index >= 15 is 0 Å². The maximum atomic E-state index is 12.8. The summed E-state index contributed by atoms with van der Waals surface area (Å²) in [4.78, 5) is 14.4. The number of methoxy groups -OCH3 is 1. The van der Waals surface area contributed by atoms with Crippen LogP contribution < -0.4 is 19.7 Å². The summed E-state index contributed by atoms with van der Waals surface area (Å²) >= 11 is 3.46. The molecular weight excluding hydrogens is 372 g/mol. The number of fused-ring (bicyclic) bond motifs is 4. The van der Waals surface area contributed by atoms with Crippen LogP contribution in [0.5, 0.6) is 11.5 Å². The molecular formula is C18H17BrN2O3. The molecule has 0 spiro atoms. The molecule has 0 saturated carbocycles. The number of hydrogen-bond donors (Lipinski definition) is 1. The molecule has 124 valence electrons. The zero-order valence-corrected chi connectivity index (χ0v) is 15.0. The van der Waals surface area contributed by atoms with Crippen LogP contribution in [0.15, 0.2) is 46.9 Å². The highest BCUT2D eigenvalue weighted by atomic mass is 79.9. The quantitative estimate of drug-likeness (QED) is 0.837. The van der Waals surface area contributed by atoms with E-state index < -0.39 is 5.72 Å². The average molecular weight is 389 g/mol. The SMILES string of the molecule is COc1cccc2c1O[C@@]1(C)C[C@H]2NC(=O)N1c1cccc(Br)c1. The van der Waals surface area contributed by atoms with Gasteiger partial charge in [0.25, 0.3) is 0 Å². The topological polar surface area (TPSA) is 50.8 Å². The fraction of sp³-hybridized carbons (Fsp3) is 0.278. The van der Waals surface area contributed by atoms with Crippen LogP contribution in [0.2, 0.25) is 0 Å². The van der Waals surface area contributed by atoms with Gasteiger partial charge in [-0.05, 0) is 31.2 Å². The fourth-order valence-corrected chi connectivity index (χ4v) is 3.91. The number of carbonyl (C=O) groups excluding carboxylic acids is 1. The number of ether oxygens (including phenoxy) is 2. The van der Waals surface area contributed by atoms with Gasteiger partial charge in [-0.1, -0.05) is 34.1 Å². The third kappa shape index (κ3) is 2.24. The molecule has 2 atom stereocenters. The van der Waals surface area contributed by atoms with Crippen molar-refractivity contribution in [2.75, 3.05) is 12.0 Å². The van der Waals surface area contributed by atoms with Gasteiger partial charge in [0.2, 0.25) is 0 Å². The number of rotatable bonds is 2. The fourth-order valence-electron chi connectivity index (χ4n) is 3.53. The molecule has 1 saturated heterocycles. The summed E-state index contributed by atoms with van der Waals surface area (Å²) in [5.41, 5.74) is 0.949. The van der Waals surface area contributed by atoms with Gasteiger partial charge in [0.15, 0.2) is 17.2 Å². The smallest absolute Gasteiger partial charge is 0.325 e. The number of carbonyl (C=O) groups is 1. The third-order valence-corrected chi connectivity index (χ3v) is 5.04. The minimum absolute atomic E-state index is 0.0928. The van der Waals surface area contributed by atoms with Gasteiger partial charge in [-0.2, -0.15) is 0 Å². The summed E-state index contributed by atoms with van der Waals surface area (Å²) in [6.07, 6.45) is 0.658. The number of benzene rings is 2. The Kier molecular flexibility index (Phi) is 3.46. The monoisotopic (exact) mass is 388 g/mol. The molecule has 4 rings (SSSR count).